The molecule has 1 amide bonds. The van der Waals surface area contributed by atoms with Crippen LogP contribution in [0.1, 0.15) is 66.2 Å². The number of carbonyl (C=O) groups is 1. The smallest absolute Gasteiger partial charge is 0.226 e. The van der Waals surface area contributed by atoms with Crippen LogP contribution in [0.25, 0.3) is 0 Å². The minimum atomic E-state index is -0.179. The van der Waals surface area contributed by atoms with Crippen molar-refractivity contribution in [1.29, 1.82) is 0 Å². The topological polar surface area (TPSA) is 29.1 Å². The average molecular weight is 342 g/mol. The average Bonchev–Trinajstić information content (AvgIpc) is 2.24. The predicted octanol–water partition coefficient (Wildman–Crippen LogP) is 4.27. The van der Waals surface area contributed by atoms with Crippen LogP contribution in [0, 0.1) is 22.7 Å². The van der Waals surface area contributed by atoms with Gasteiger partial charge in [0.15, 0.2) is 0 Å². The van der Waals surface area contributed by atoms with E-state index >= 15 is 0 Å². The zero-order chi connectivity index (χ0) is 14.8. The van der Waals surface area contributed by atoms with Crippen LogP contribution in [-0.4, -0.2) is 16.3 Å². The van der Waals surface area contributed by atoms with Crippen molar-refractivity contribution in [2.75, 3.05) is 0 Å². The summed E-state index contributed by atoms with van der Waals surface area (Å²) in [5, 5.41) is 3.34. The Morgan fingerprint density at radius 2 is 1.80 bits per heavy atom. The van der Waals surface area contributed by atoms with Crippen molar-refractivity contribution < 1.29 is 4.79 Å². The Morgan fingerprint density at radius 3 is 2.25 bits per heavy atom. The summed E-state index contributed by atoms with van der Waals surface area (Å²) in [6, 6.07) is 0. The maximum Gasteiger partial charge on any atom is 0.226 e. The van der Waals surface area contributed by atoms with Crippen molar-refractivity contribution in [1.82, 2.24) is 5.32 Å². The maximum atomic E-state index is 13.0. The molecule has 20 heavy (non-hydrogen) atoms. The molecule has 114 valence electrons. The minimum Gasteiger partial charge on any atom is -0.350 e. The summed E-state index contributed by atoms with van der Waals surface area (Å²) < 4.78 is 0. The molecule has 0 radical (unpaired) electrons. The van der Waals surface area contributed by atoms with E-state index in [0.717, 1.165) is 31.1 Å². The largest absolute Gasteiger partial charge is 0.350 e. The van der Waals surface area contributed by atoms with E-state index in [1.807, 2.05) is 0 Å². The Labute approximate surface area is 131 Å². The Morgan fingerprint density at radius 1 is 1.25 bits per heavy atom. The second-order valence-electron chi connectivity index (χ2n) is 8.84. The van der Waals surface area contributed by atoms with Gasteiger partial charge in [-0.3, -0.25) is 4.79 Å². The van der Waals surface area contributed by atoms with Crippen LogP contribution in [0.4, 0.5) is 0 Å². The zero-order valence-corrected chi connectivity index (χ0v) is 14.8. The second kappa shape index (κ2) is 4.47. The monoisotopic (exact) mass is 341 g/mol. The molecule has 2 nitrogen and oxygen atoms in total. The number of hydrogen-bond donors (Lipinski definition) is 1. The van der Waals surface area contributed by atoms with Gasteiger partial charge >= 0.3 is 0 Å². The van der Waals surface area contributed by atoms with Crippen LogP contribution in [0.15, 0.2) is 0 Å². The lowest BCUT2D eigenvalue weighted by Crippen LogP contribution is -2.60. The highest BCUT2D eigenvalue weighted by atomic mass is 79.9. The van der Waals surface area contributed by atoms with Gasteiger partial charge < -0.3 is 5.32 Å². The molecule has 3 heteroatoms. The van der Waals surface area contributed by atoms with E-state index in [1.165, 1.54) is 19.3 Å². The van der Waals surface area contributed by atoms with E-state index in [-0.39, 0.29) is 15.8 Å². The number of nitrogens with one attached hydrogen (secondary N) is 1. The maximum absolute atomic E-state index is 13.0. The molecule has 3 atom stereocenters. The van der Waals surface area contributed by atoms with Crippen molar-refractivity contribution in [3.05, 3.63) is 0 Å². The van der Waals surface area contributed by atoms with Gasteiger partial charge in [-0.2, -0.15) is 0 Å². The normalized spacial score (nSPS) is 44.5. The molecule has 0 aromatic rings. The van der Waals surface area contributed by atoms with Crippen LogP contribution in [0.2, 0.25) is 0 Å². The molecule has 4 rings (SSSR count). The molecular formula is C17H28BrNO. The first kappa shape index (κ1) is 14.9. The van der Waals surface area contributed by atoms with Crippen molar-refractivity contribution >= 4 is 21.8 Å². The lowest BCUT2D eigenvalue weighted by Gasteiger charge is -2.60. The third kappa shape index (κ3) is 2.34. The van der Waals surface area contributed by atoms with Crippen LogP contribution in [-0.2, 0) is 4.79 Å². The molecule has 4 saturated carbocycles. The van der Waals surface area contributed by atoms with Gasteiger partial charge in [-0.25, -0.2) is 0 Å². The molecular weight excluding hydrogens is 314 g/mol. The van der Waals surface area contributed by atoms with Gasteiger partial charge in [-0.05, 0) is 69.6 Å². The van der Waals surface area contributed by atoms with Crippen LogP contribution in [0.5, 0.6) is 0 Å². The molecule has 0 aliphatic heterocycles. The highest BCUT2D eigenvalue weighted by molar-refractivity contribution is 9.09. The number of carbonyl (C=O) groups excluding carboxylic acids is 1. The summed E-state index contributed by atoms with van der Waals surface area (Å²) >= 11 is 3.63. The molecule has 4 aliphatic rings. The molecule has 0 aromatic heterocycles. The standard InChI is InChI=1S/C17H28BrNO/c1-11(18)15(2,3)19-14(20)17-8-12-5-13(9-17)7-16(4,6-12)10-17/h11-13H,5-10H2,1-4H3,(H,19,20). The van der Waals surface area contributed by atoms with Gasteiger partial charge in [-0.15, -0.1) is 0 Å². The number of halogens is 1. The predicted molar refractivity (Wildman–Crippen MR) is 85.8 cm³/mol. The summed E-state index contributed by atoms with van der Waals surface area (Å²) in [4.78, 5) is 13.3. The number of hydrogen-bond acceptors (Lipinski definition) is 1. The SMILES string of the molecule is CC(Br)C(C)(C)NC(=O)C12CC3CC(CC(C)(C3)C1)C2. The van der Waals surface area contributed by atoms with Gasteiger partial charge in [0.1, 0.15) is 0 Å². The summed E-state index contributed by atoms with van der Waals surface area (Å²) in [5.74, 6) is 1.93. The van der Waals surface area contributed by atoms with E-state index in [2.05, 4.69) is 48.9 Å². The summed E-state index contributed by atoms with van der Waals surface area (Å²) in [6.45, 7) is 8.77. The van der Waals surface area contributed by atoms with Crippen molar-refractivity contribution in [3.8, 4) is 0 Å². The van der Waals surface area contributed by atoms with Crippen molar-refractivity contribution in [2.45, 2.75) is 76.6 Å². The lowest BCUT2D eigenvalue weighted by molar-refractivity contribution is -0.156. The molecule has 3 unspecified atom stereocenters. The van der Waals surface area contributed by atoms with Crippen molar-refractivity contribution in [2.24, 2.45) is 22.7 Å². The summed E-state index contributed by atoms with van der Waals surface area (Å²) in [6.07, 6.45) is 7.48. The van der Waals surface area contributed by atoms with E-state index in [1.54, 1.807) is 0 Å². The second-order valence-corrected chi connectivity index (χ2v) is 10.2. The molecule has 4 fully saturated rings. The Bertz CT molecular complexity index is 415. The fraction of sp³-hybridized carbons (Fsp3) is 0.941. The van der Waals surface area contributed by atoms with Crippen LogP contribution in [0.3, 0.4) is 0 Å². The van der Waals surface area contributed by atoms with Crippen molar-refractivity contribution in [3.63, 3.8) is 0 Å². The Balaban J connectivity index is 1.81. The van der Waals surface area contributed by atoms with Crippen LogP contribution < -0.4 is 5.32 Å². The Hall–Kier alpha value is -0.0500. The van der Waals surface area contributed by atoms with Gasteiger partial charge in [0.05, 0.1) is 5.41 Å². The first-order valence-electron chi connectivity index (χ1n) is 8.11. The van der Waals surface area contributed by atoms with Gasteiger partial charge in [0.25, 0.3) is 0 Å². The van der Waals surface area contributed by atoms with E-state index in [9.17, 15) is 4.79 Å². The van der Waals surface area contributed by atoms with Gasteiger partial charge in [0, 0.05) is 10.4 Å². The summed E-state index contributed by atoms with van der Waals surface area (Å²) in [5.41, 5.74) is 0.199. The highest BCUT2D eigenvalue weighted by Crippen LogP contribution is 2.65. The molecule has 4 bridgehead atoms. The molecule has 0 saturated heterocycles. The highest BCUT2D eigenvalue weighted by Gasteiger charge is 2.59. The fourth-order valence-electron chi connectivity index (χ4n) is 5.51. The number of rotatable bonds is 3. The quantitative estimate of drug-likeness (QED) is 0.763. The number of amides is 1. The van der Waals surface area contributed by atoms with Gasteiger partial charge in [0.2, 0.25) is 5.91 Å². The van der Waals surface area contributed by atoms with Gasteiger partial charge in [-0.1, -0.05) is 29.8 Å². The third-order valence-electron chi connectivity index (χ3n) is 6.27. The van der Waals surface area contributed by atoms with E-state index in [4.69, 9.17) is 0 Å². The molecule has 0 spiro atoms. The Kier molecular flexibility index (Phi) is 3.32. The van der Waals surface area contributed by atoms with E-state index in [0.29, 0.717) is 11.3 Å². The molecule has 0 heterocycles. The third-order valence-corrected chi connectivity index (χ3v) is 7.41. The molecule has 0 aromatic carbocycles. The van der Waals surface area contributed by atoms with Crippen LogP contribution >= 0.6 is 15.9 Å². The zero-order valence-electron chi connectivity index (χ0n) is 13.3. The minimum absolute atomic E-state index is 0.0575. The fourth-order valence-corrected chi connectivity index (χ4v) is 5.63. The molecule has 1 N–H and O–H groups in total. The number of alkyl halides is 1. The lowest BCUT2D eigenvalue weighted by atomic mass is 9.44. The first-order valence-corrected chi connectivity index (χ1v) is 9.02. The molecule has 4 aliphatic carbocycles. The summed E-state index contributed by atoms with van der Waals surface area (Å²) in [7, 11) is 0. The van der Waals surface area contributed by atoms with E-state index < -0.39 is 0 Å². The first-order chi connectivity index (χ1) is 9.14.